The molecule has 1 aromatic heterocycles. The molecule has 8 nitrogen and oxygen atoms in total. The summed E-state index contributed by atoms with van der Waals surface area (Å²) in [5.74, 6) is -0.931. The Hall–Kier alpha value is -3.20. The average molecular weight is 415 g/mol. The van der Waals surface area contributed by atoms with E-state index < -0.39 is 29.9 Å². The number of carbonyl (C=O) groups excluding carboxylic acids is 2. The second-order valence-electron chi connectivity index (χ2n) is 6.38. The number of hydrogen-bond acceptors (Lipinski definition) is 5. The molecule has 3 heterocycles. The minimum atomic E-state index is -1.10. The molecule has 1 aromatic carbocycles. The Morgan fingerprint density at radius 1 is 1.24 bits per heavy atom. The highest BCUT2D eigenvalue weighted by Crippen LogP contribution is 2.39. The normalized spacial score (nSPS) is 22.5. The number of carbonyl (C=O) groups is 3. The van der Waals surface area contributed by atoms with Gasteiger partial charge in [0, 0.05) is 18.1 Å². The van der Waals surface area contributed by atoms with Crippen molar-refractivity contribution in [3.63, 3.8) is 0 Å². The molecular weight excluding hydrogens is 394 g/mol. The zero-order valence-corrected chi connectivity index (χ0v) is 16.3. The molecule has 2 aromatic rings. The van der Waals surface area contributed by atoms with Gasteiger partial charge in [0.25, 0.3) is 5.91 Å². The van der Waals surface area contributed by atoms with Crippen molar-refractivity contribution in [3.8, 4) is 5.75 Å². The van der Waals surface area contributed by atoms with Crippen molar-refractivity contribution in [1.29, 1.82) is 0 Å². The average Bonchev–Trinajstić information content (AvgIpc) is 3.31. The number of aromatic nitrogens is 1. The molecule has 4 rings (SSSR count). The summed E-state index contributed by atoms with van der Waals surface area (Å²) in [7, 11) is 0. The first-order chi connectivity index (χ1) is 14.0. The molecule has 3 N–H and O–H groups in total. The number of para-hydroxylation sites is 1. The summed E-state index contributed by atoms with van der Waals surface area (Å²) in [6.45, 7) is 3.51. The number of H-pyrrole nitrogens is 1. The van der Waals surface area contributed by atoms with Gasteiger partial charge in [-0.05, 0) is 29.8 Å². The van der Waals surface area contributed by atoms with Crippen molar-refractivity contribution in [2.45, 2.75) is 17.5 Å². The first-order valence-electron chi connectivity index (χ1n) is 8.88. The van der Waals surface area contributed by atoms with Gasteiger partial charge < -0.3 is 25.0 Å². The van der Waals surface area contributed by atoms with Crippen LogP contribution in [0.4, 0.5) is 0 Å². The number of benzene rings is 1. The molecule has 3 atom stereocenters. The van der Waals surface area contributed by atoms with Gasteiger partial charge in [-0.15, -0.1) is 11.8 Å². The van der Waals surface area contributed by atoms with E-state index in [-0.39, 0.29) is 12.0 Å². The van der Waals surface area contributed by atoms with Gasteiger partial charge in [-0.25, -0.2) is 4.79 Å². The van der Waals surface area contributed by atoms with Gasteiger partial charge in [0.05, 0.1) is 0 Å². The summed E-state index contributed by atoms with van der Waals surface area (Å²) < 4.78 is 5.33. The molecule has 0 aliphatic carbocycles. The number of nitrogens with one attached hydrogen (secondary N) is 2. The number of ether oxygens (including phenoxy) is 1. The molecule has 152 valence electrons. The van der Waals surface area contributed by atoms with Gasteiger partial charge >= 0.3 is 5.97 Å². The zero-order valence-electron chi connectivity index (χ0n) is 15.5. The third kappa shape index (κ3) is 4.80. The van der Waals surface area contributed by atoms with Gasteiger partial charge in [0.1, 0.15) is 17.2 Å². The second-order valence-corrected chi connectivity index (χ2v) is 7.48. The lowest BCUT2D eigenvalue weighted by molar-refractivity contribution is -0.160. The summed E-state index contributed by atoms with van der Waals surface area (Å²) in [6.07, 6.45) is 3.75. The number of rotatable bonds is 5. The van der Waals surface area contributed by atoms with Crippen molar-refractivity contribution in [3.05, 3.63) is 67.0 Å². The number of thioether (sulfide) groups is 1. The Balaban J connectivity index is 0.000000419. The van der Waals surface area contributed by atoms with Crippen LogP contribution < -0.4 is 10.1 Å². The fraction of sp³-hybridized carbons (Fsp3) is 0.250. The Morgan fingerprint density at radius 2 is 1.93 bits per heavy atom. The molecule has 2 aliphatic rings. The fourth-order valence-corrected chi connectivity index (χ4v) is 4.30. The first-order valence-corrected chi connectivity index (χ1v) is 9.93. The lowest BCUT2D eigenvalue weighted by atomic mass is 9.98. The number of fused-ring (bicyclic) bond motifs is 1. The molecule has 0 spiro atoms. The number of carboxylic acid groups (broad SMARTS) is 1. The van der Waals surface area contributed by atoms with Crippen LogP contribution in [0.2, 0.25) is 0 Å². The van der Waals surface area contributed by atoms with Crippen molar-refractivity contribution < 1.29 is 24.2 Å². The minimum absolute atomic E-state index is 0.208. The molecule has 2 amide bonds. The largest absolute Gasteiger partial charge is 0.484 e. The van der Waals surface area contributed by atoms with E-state index in [1.54, 1.807) is 24.3 Å². The molecule has 0 radical (unpaired) electrons. The minimum Gasteiger partial charge on any atom is -0.484 e. The van der Waals surface area contributed by atoms with Gasteiger partial charge in [-0.2, -0.15) is 0 Å². The van der Waals surface area contributed by atoms with Crippen LogP contribution in [0.5, 0.6) is 5.75 Å². The highest BCUT2D eigenvalue weighted by molar-refractivity contribution is 8.00. The van der Waals surface area contributed by atoms with Crippen molar-refractivity contribution >= 4 is 29.5 Å². The van der Waals surface area contributed by atoms with Crippen molar-refractivity contribution in [2.24, 2.45) is 0 Å². The summed E-state index contributed by atoms with van der Waals surface area (Å²) in [6, 6.07) is 11.0. The van der Waals surface area contributed by atoms with Crippen LogP contribution in [-0.4, -0.2) is 62.6 Å². The highest BCUT2D eigenvalue weighted by atomic mass is 32.2. The Labute approximate surface area is 171 Å². The third-order valence-electron chi connectivity index (χ3n) is 4.34. The van der Waals surface area contributed by atoms with Crippen LogP contribution in [0.3, 0.4) is 0 Å². The SMILES string of the molecule is C=C1CS[C@@H]2C(NC(=O)COc3ccccc3)C(=O)N2C1C(=O)O.c1cc[nH]c1. The van der Waals surface area contributed by atoms with E-state index >= 15 is 0 Å². The number of carboxylic acids is 1. The number of hydrogen-bond donors (Lipinski definition) is 3. The molecular formula is C20H21N3O5S. The molecule has 29 heavy (non-hydrogen) atoms. The van der Waals surface area contributed by atoms with E-state index in [0.717, 1.165) is 0 Å². The maximum absolute atomic E-state index is 12.2. The molecule has 2 fully saturated rings. The quantitative estimate of drug-likeness (QED) is 0.504. The lowest BCUT2D eigenvalue weighted by Gasteiger charge is -2.52. The van der Waals surface area contributed by atoms with E-state index in [1.165, 1.54) is 16.7 Å². The number of aliphatic carboxylic acids is 1. The van der Waals surface area contributed by atoms with Crippen LogP contribution in [-0.2, 0) is 14.4 Å². The summed E-state index contributed by atoms with van der Waals surface area (Å²) in [5, 5.41) is 11.5. The molecule has 2 unspecified atom stereocenters. The maximum atomic E-state index is 12.2. The predicted molar refractivity (Wildman–Crippen MR) is 108 cm³/mol. The second kappa shape index (κ2) is 9.33. The molecule has 9 heteroatoms. The topological polar surface area (TPSA) is 112 Å². The molecule has 0 bridgehead atoms. The first kappa shape index (κ1) is 20.5. The highest BCUT2D eigenvalue weighted by Gasteiger charge is 2.56. The van der Waals surface area contributed by atoms with Crippen LogP contribution in [0, 0.1) is 0 Å². The van der Waals surface area contributed by atoms with Crippen molar-refractivity contribution in [2.75, 3.05) is 12.4 Å². The molecule has 2 saturated heterocycles. The number of nitrogens with zero attached hydrogens (tertiary/aromatic N) is 1. The van der Waals surface area contributed by atoms with Gasteiger partial charge in [0.15, 0.2) is 12.6 Å². The van der Waals surface area contributed by atoms with Gasteiger partial charge in [-0.3, -0.25) is 9.59 Å². The maximum Gasteiger partial charge on any atom is 0.330 e. The number of aromatic amines is 1. The Bertz CT molecular complexity index is 854. The van der Waals surface area contributed by atoms with Crippen LogP contribution in [0.25, 0.3) is 0 Å². The zero-order chi connectivity index (χ0) is 20.8. The standard InChI is InChI=1S/C16H16N2O5S.C4H5N/c1-9-8-24-15-12(14(20)18(15)13(9)16(21)22)17-11(19)7-23-10-5-3-2-4-6-10;1-2-4-5-3-1/h2-6,12-13,15H,1,7-8H2,(H,17,19)(H,21,22);1-5H/t12?,13?,15-;/m1./s1. The number of β-lactam (4-membered cyclic amide) rings is 1. The third-order valence-corrected chi connectivity index (χ3v) is 5.72. The van der Waals surface area contributed by atoms with Gasteiger partial charge in [-0.1, -0.05) is 24.8 Å². The fourth-order valence-electron chi connectivity index (χ4n) is 2.99. The monoisotopic (exact) mass is 415 g/mol. The summed E-state index contributed by atoms with van der Waals surface area (Å²) >= 11 is 1.40. The summed E-state index contributed by atoms with van der Waals surface area (Å²) in [4.78, 5) is 39.6. The Morgan fingerprint density at radius 3 is 2.52 bits per heavy atom. The van der Waals surface area contributed by atoms with Crippen LogP contribution in [0.15, 0.2) is 67.0 Å². The summed E-state index contributed by atoms with van der Waals surface area (Å²) in [5.41, 5.74) is 0.481. The van der Waals surface area contributed by atoms with E-state index in [0.29, 0.717) is 17.1 Å². The molecule has 2 aliphatic heterocycles. The van der Waals surface area contributed by atoms with E-state index in [4.69, 9.17) is 4.74 Å². The Kier molecular flexibility index (Phi) is 6.61. The predicted octanol–water partition coefficient (Wildman–Crippen LogP) is 1.49. The van der Waals surface area contributed by atoms with Crippen LogP contribution in [0.1, 0.15) is 0 Å². The number of amides is 2. The molecule has 0 saturated carbocycles. The lowest BCUT2D eigenvalue weighted by Crippen LogP contribution is -2.74. The van der Waals surface area contributed by atoms with E-state index in [2.05, 4.69) is 16.9 Å². The van der Waals surface area contributed by atoms with E-state index in [1.807, 2.05) is 30.6 Å². The van der Waals surface area contributed by atoms with E-state index in [9.17, 15) is 19.5 Å². The van der Waals surface area contributed by atoms with Gasteiger partial charge in [0.2, 0.25) is 5.91 Å². The van der Waals surface area contributed by atoms with Crippen LogP contribution >= 0.6 is 11.8 Å². The smallest absolute Gasteiger partial charge is 0.330 e. The van der Waals surface area contributed by atoms with Crippen molar-refractivity contribution in [1.82, 2.24) is 15.2 Å².